The number of nitriles is 1. The van der Waals surface area contributed by atoms with E-state index in [0.29, 0.717) is 11.5 Å². The molecule has 0 aromatic heterocycles. The molecule has 3 heteroatoms. The summed E-state index contributed by atoms with van der Waals surface area (Å²) >= 11 is 0. The van der Waals surface area contributed by atoms with Gasteiger partial charge in [0, 0.05) is 12.6 Å². The highest BCUT2D eigenvalue weighted by molar-refractivity contribution is 5.32. The summed E-state index contributed by atoms with van der Waals surface area (Å²) in [6.45, 7) is 5.49. The van der Waals surface area contributed by atoms with Crippen molar-refractivity contribution in [3.05, 3.63) is 35.4 Å². The van der Waals surface area contributed by atoms with Crippen LogP contribution in [0.1, 0.15) is 50.3 Å². The number of hydrogen-bond donors (Lipinski definition) is 2. The Morgan fingerprint density at radius 3 is 2.47 bits per heavy atom. The molecule has 0 saturated carbocycles. The maximum absolute atomic E-state index is 9.04. The van der Waals surface area contributed by atoms with E-state index in [1.807, 2.05) is 24.3 Å². The van der Waals surface area contributed by atoms with E-state index in [0.717, 1.165) is 25.8 Å². The summed E-state index contributed by atoms with van der Waals surface area (Å²) in [7, 11) is 0. The maximum atomic E-state index is 9.04. The maximum Gasteiger partial charge on any atom is 0.0991 e. The second kappa shape index (κ2) is 8.68. The molecule has 2 N–H and O–H groups in total. The van der Waals surface area contributed by atoms with E-state index in [4.69, 9.17) is 10.4 Å². The van der Waals surface area contributed by atoms with Gasteiger partial charge in [-0.1, -0.05) is 25.5 Å². The van der Waals surface area contributed by atoms with Crippen LogP contribution < -0.4 is 5.32 Å². The normalized spacial score (nSPS) is 13.8. The van der Waals surface area contributed by atoms with Crippen molar-refractivity contribution in [3.8, 4) is 6.07 Å². The SMILES string of the molecule is CCCC(CCO)CNC(C)c1ccc(C#N)cc1. The van der Waals surface area contributed by atoms with Crippen LogP contribution in [0, 0.1) is 17.2 Å². The number of nitrogens with zero attached hydrogens (tertiary/aromatic N) is 1. The van der Waals surface area contributed by atoms with Crippen molar-refractivity contribution in [1.82, 2.24) is 5.32 Å². The van der Waals surface area contributed by atoms with Crippen LogP contribution in [0.2, 0.25) is 0 Å². The lowest BCUT2D eigenvalue weighted by Gasteiger charge is -2.20. The molecule has 3 nitrogen and oxygen atoms in total. The number of benzene rings is 1. The van der Waals surface area contributed by atoms with Crippen LogP contribution >= 0.6 is 0 Å². The monoisotopic (exact) mass is 260 g/mol. The number of rotatable bonds is 8. The van der Waals surface area contributed by atoms with E-state index in [-0.39, 0.29) is 12.6 Å². The molecule has 0 aliphatic carbocycles. The van der Waals surface area contributed by atoms with Gasteiger partial charge in [-0.05, 0) is 49.9 Å². The highest BCUT2D eigenvalue weighted by Crippen LogP contribution is 2.15. The number of aliphatic hydroxyl groups is 1. The van der Waals surface area contributed by atoms with Crippen LogP contribution in [-0.2, 0) is 0 Å². The third-order valence-electron chi connectivity index (χ3n) is 3.49. The Balaban J connectivity index is 2.48. The fraction of sp³-hybridized carbons (Fsp3) is 0.562. The minimum absolute atomic E-state index is 0.262. The summed E-state index contributed by atoms with van der Waals surface area (Å²) in [5.41, 5.74) is 1.89. The summed E-state index contributed by atoms with van der Waals surface area (Å²) in [6, 6.07) is 10.1. The van der Waals surface area contributed by atoms with Crippen molar-refractivity contribution >= 4 is 0 Å². The Hall–Kier alpha value is -1.37. The zero-order valence-corrected chi connectivity index (χ0v) is 11.9. The van der Waals surface area contributed by atoms with Crippen LogP contribution in [0.4, 0.5) is 0 Å². The molecule has 0 aliphatic rings. The summed E-state index contributed by atoms with van der Waals surface area (Å²) in [5, 5.41) is 21.3. The van der Waals surface area contributed by atoms with Crippen molar-refractivity contribution < 1.29 is 5.11 Å². The van der Waals surface area contributed by atoms with Gasteiger partial charge < -0.3 is 10.4 Å². The molecule has 1 rings (SSSR count). The number of aliphatic hydroxyl groups excluding tert-OH is 1. The molecule has 104 valence electrons. The van der Waals surface area contributed by atoms with Gasteiger partial charge in [-0.2, -0.15) is 5.26 Å². The zero-order valence-electron chi connectivity index (χ0n) is 11.9. The Kier molecular flexibility index (Phi) is 7.17. The van der Waals surface area contributed by atoms with Gasteiger partial charge in [0.25, 0.3) is 0 Å². The molecule has 0 spiro atoms. The minimum Gasteiger partial charge on any atom is -0.396 e. The second-order valence-electron chi connectivity index (χ2n) is 5.03. The first-order chi connectivity index (χ1) is 9.21. The van der Waals surface area contributed by atoms with Gasteiger partial charge in [-0.25, -0.2) is 0 Å². The van der Waals surface area contributed by atoms with Crippen molar-refractivity contribution in [2.75, 3.05) is 13.2 Å². The average Bonchev–Trinajstić information content (AvgIpc) is 2.45. The van der Waals surface area contributed by atoms with Gasteiger partial charge in [-0.3, -0.25) is 0 Å². The molecular weight excluding hydrogens is 236 g/mol. The van der Waals surface area contributed by atoms with Gasteiger partial charge in [-0.15, -0.1) is 0 Å². The van der Waals surface area contributed by atoms with Crippen LogP contribution in [0.5, 0.6) is 0 Å². The van der Waals surface area contributed by atoms with Gasteiger partial charge in [0.15, 0.2) is 0 Å². The lowest BCUT2D eigenvalue weighted by Crippen LogP contribution is -2.26. The predicted octanol–water partition coefficient (Wildman–Crippen LogP) is 3.01. The van der Waals surface area contributed by atoms with Crippen LogP contribution in [-0.4, -0.2) is 18.3 Å². The van der Waals surface area contributed by atoms with Crippen LogP contribution in [0.15, 0.2) is 24.3 Å². The standard InChI is InChI=1S/C16H24N2O/c1-3-4-15(9-10-19)12-18-13(2)16-7-5-14(11-17)6-8-16/h5-8,13,15,18-19H,3-4,9-10,12H2,1-2H3. The molecular formula is C16H24N2O. The lowest BCUT2D eigenvalue weighted by atomic mass is 9.99. The molecule has 0 aliphatic heterocycles. The van der Waals surface area contributed by atoms with Gasteiger partial charge in [0.05, 0.1) is 11.6 Å². The van der Waals surface area contributed by atoms with E-state index in [2.05, 4.69) is 25.2 Å². The summed E-state index contributed by atoms with van der Waals surface area (Å²) in [6.07, 6.45) is 3.16. The number of hydrogen-bond acceptors (Lipinski definition) is 3. The van der Waals surface area contributed by atoms with E-state index >= 15 is 0 Å². The van der Waals surface area contributed by atoms with E-state index < -0.39 is 0 Å². The Bertz CT molecular complexity index is 388. The molecule has 2 atom stereocenters. The molecule has 2 unspecified atom stereocenters. The Morgan fingerprint density at radius 1 is 1.26 bits per heavy atom. The molecule has 0 amide bonds. The quantitative estimate of drug-likeness (QED) is 0.755. The van der Waals surface area contributed by atoms with Crippen molar-refractivity contribution in [2.24, 2.45) is 5.92 Å². The van der Waals surface area contributed by atoms with E-state index in [1.54, 1.807) is 0 Å². The fourth-order valence-corrected chi connectivity index (χ4v) is 2.25. The lowest BCUT2D eigenvalue weighted by molar-refractivity contribution is 0.246. The van der Waals surface area contributed by atoms with Crippen molar-refractivity contribution in [2.45, 2.75) is 39.2 Å². The second-order valence-corrected chi connectivity index (χ2v) is 5.03. The predicted molar refractivity (Wildman–Crippen MR) is 77.7 cm³/mol. The fourth-order valence-electron chi connectivity index (χ4n) is 2.25. The average molecular weight is 260 g/mol. The largest absolute Gasteiger partial charge is 0.396 e. The highest BCUT2D eigenvalue weighted by atomic mass is 16.3. The zero-order chi connectivity index (χ0) is 14.1. The summed E-state index contributed by atoms with van der Waals surface area (Å²) in [5.74, 6) is 0.538. The molecule has 0 heterocycles. The first-order valence-electron chi connectivity index (χ1n) is 7.05. The van der Waals surface area contributed by atoms with Gasteiger partial charge in [0.1, 0.15) is 0 Å². The molecule has 0 radical (unpaired) electrons. The van der Waals surface area contributed by atoms with Gasteiger partial charge >= 0.3 is 0 Å². The molecule has 1 aromatic carbocycles. The minimum atomic E-state index is 0.262. The third-order valence-corrected chi connectivity index (χ3v) is 3.49. The van der Waals surface area contributed by atoms with E-state index in [1.165, 1.54) is 5.56 Å². The van der Waals surface area contributed by atoms with Gasteiger partial charge in [0.2, 0.25) is 0 Å². The molecule has 0 fully saturated rings. The van der Waals surface area contributed by atoms with Crippen molar-refractivity contribution in [1.29, 1.82) is 5.26 Å². The molecule has 0 bridgehead atoms. The van der Waals surface area contributed by atoms with Crippen LogP contribution in [0.25, 0.3) is 0 Å². The molecule has 1 aromatic rings. The first kappa shape index (κ1) is 15.7. The Morgan fingerprint density at radius 2 is 1.95 bits per heavy atom. The molecule has 0 saturated heterocycles. The van der Waals surface area contributed by atoms with Crippen LogP contribution in [0.3, 0.4) is 0 Å². The highest BCUT2D eigenvalue weighted by Gasteiger charge is 2.10. The summed E-state index contributed by atoms with van der Waals surface area (Å²) in [4.78, 5) is 0. The van der Waals surface area contributed by atoms with E-state index in [9.17, 15) is 0 Å². The van der Waals surface area contributed by atoms with Crippen molar-refractivity contribution in [3.63, 3.8) is 0 Å². The first-order valence-corrected chi connectivity index (χ1v) is 7.05. The Labute approximate surface area is 116 Å². The summed E-state index contributed by atoms with van der Waals surface area (Å²) < 4.78 is 0. The molecule has 19 heavy (non-hydrogen) atoms. The third kappa shape index (κ3) is 5.42. The topological polar surface area (TPSA) is 56.0 Å². The number of nitrogens with one attached hydrogen (secondary N) is 1. The smallest absolute Gasteiger partial charge is 0.0991 e.